The number of aromatic nitrogens is 2. The molecule has 0 radical (unpaired) electrons. The van der Waals surface area contributed by atoms with E-state index in [-0.39, 0.29) is 6.54 Å². The minimum atomic E-state index is -0.936. The Hall–Kier alpha value is -1.99. The third-order valence-electron chi connectivity index (χ3n) is 2.81. The predicted octanol–water partition coefficient (Wildman–Crippen LogP) is 3.62. The molecule has 1 aromatic carbocycles. The summed E-state index contributed by atoms with van der Waals surface area (Å²) in [5.41, 5.74) is 0.768. The highest BCUT2D eigenvalue weighted by Gasteiger charge is 2.11. The van der Waals surface area contributed by atoms with E-state index in [1.54, 1.807) is 11.3 Å². The minimum Gasteiger partial charge on any atom is -0.480 e. The number of aliphatic carboxylic acids is 1. The van der Waals surface area contributed by atoms with Crippen LogP contribution in [0.2, 0.25) is 0 Å². The van der Waals surface area contributed by atoms with Crippen molar-refractivity contribution in [1.29, 1.82) is 0 Å². The summed E-state index contributed by atoms with van der Waals surface area (Å²) in [7, 11) is 0. The van der Waals surface area contributed by atoms with Gasteiger partial charge in [-0.05, 0) is 29.6 Å². The van der Waals surface area contributed by atoms with E-state index < -0.39 is 5.97 Å². The summed E-state index contributed by atoms with van der Waals surface area (Å²) in [6.45, 7) is -0.192. The molecule has 2 aromatic heterocycles. The van der Waals surface area contributed by atoms with Crippen molar-refractivity contribution in [1.82, 2.24) is 9.97 Å². The molecule has 5 nitrogen and oxygen atoms in total. The zero-order valence-electron chi connectivity index (χ0n) is 10.7. The third kappa shape index (κ3) is 3.03. The first-order chi connectivity index (χ1) is 10.1. The normalized spacial score (nSPS) is 10.7. The number of carboxylic acid groups (broad SMARTS) is 1. The van der Waals surface area contributed by atoms with Crippen LogP contribution in [0.4, 0.5) is 5.82 Å². The largest absolute Gasteiger partial charge is 0.480 e. The number of fused-ring (bicyclic) bond motifs is 1. The number of rotatable bonds is 4. The standard InChI is InChI=1S/C14H10BrN3O2S/c15-8-3-4-10-9(6-8)13(16-7-12(19)20)18-14(17-10)11-2-1-5-21-11/h1-6H,7H2,(H,19,20)(H,16,17,18). The van der Waals surface area contributed by atoms with Crippen molar-refractivity contribution in [3.63, 3.8) is 0 Å². The lowest BCUT2D eigenvalue weighted by Crippen LogP contribution is -2.14. The zero-order chi connectivity index (χ0) is 14.8. The molecule has 106 valence electrons. The van der Waals surface area contributed by atoms with Crippen molar-refractivity contribution < 1.29 is 9.90 Å². The van der Waals surface area contributed by atoms with Gasteiger partial charge in [-0.3, -0.25) is 4.79 Å². The fraction of sp³-hybridized carbons (Fsp3) is 0.0714. The lowest BCUT2D eigenvalue weighted by Gasteiger charge is -2.09. The first-order valence-corrected chi connectivity index (χ1v) is 7.77. The first kappa shape index (κ1) is 14.0. The molecule has 0 bridgehead atoms. The third-order valence-corrected chi connectivity index (χ3v) is 4.17. The predicted molar refractivity (Wildman–Crippen MR) is 86.7 cm³/mol. The van der Waals surface area contributed by atoms with Gasteiger partial charge in [-0.2, -0.15) is 0 Å². The number of thiophene rings is 1. The van der Waals surface area contributed by atoms with Gasteiger partial charge < -0.3 is 10.4 Å². The van der Waals surface area contributed by atoms with Crippen molar-refractivity contribution in [3.8, 4) is 10.7 Å². The molecule has 0 saturated heterocycles. The Balaban J connectivity index is 2.15. The molecular formula is C14H10BrN3O2S. The van der Waals surface area contributed by atoms with E-state index in [2.05, 4.69) is 31.2 Å². The smallest absolute Gasteiger partial charge is 0.322 e. The van der Waals surface area contributed by atoms with Crippen LogP contribution in [-0.2, 0) is 4.79 Å². The lowest BCUT2D eigenvalue weighted by molar-refractivity contribution is -0.134. The molecule has 0 saturated carbocycles. The van der Waals surface area contributed by atoms with Gasteiger partial charge in [0.15, 0.2) is 5.82 Å². The van der Waals surface area contributed by atoms with Crippen molar-refractivity contribution in [2.24, 2.45) is 0 Å². The quantitative estimate of drug-likeness (QED) is 0.740. The first-order valence-electron chi connectivity index (χ1n) is 6.10. The van der Waals surface area contributed by atoms with Crippen LogP contribution in [-0.4, -0.2) is 27.6 Å². The number of anilines is 1. The number of halogens is 1. The fourth-order valence-electron chi connectivity index (χ4n) is 1.91. The van der Waals surface area contributed by atoms with Gasteiger partial charge in [0.1, 0.15) is 12.4 Å². The molecule has 0 amide bonds. The fourth-order valence-corrected chi connectivity index (χ4v) is 2.93. The highest BCUT2D eigenvalue weighted by Crippen LogP contribution is 2.29. The molecule has 0 unspecified atom stereocenters. The van der Waals surface area contributed by atoms with Crippen molar-refractivity contribution in [3.05, 3.63) is 40.2 Å². The summed E-state index contributed by atoms with van der Waals surface area (Å²) < 4.78 is 0.890. The average Bonchev–Trinajstić information content (AvgIpc) is 2.98. The van der Waals surface area contributed by atoms with E-state index in [0.29, 0.717) is 11.6 Å². The van der Waals surface area contributed by atoms with Crippen LogP contribution in [0.3, 0.4) is 0 Å². The van der Waals surface area contributed by atoms with Gasteiger partial charge in [0.25, 0.3) is 0 Å². The highest BCUT2D eigenvalue weighted by atomic mass is 79.9. The van der Waals surface area contributed by atoms with Gasteiger partial charge >= 0.3 is 5.97 Å². The molecule has 0 aliphatic heterocycles. The summed E-state index contributed by atoms with van der Waals surface area (Å²) in [5.74, 6) is 0.175. The molecule has 2 N–H and O–H groups in total. The summed E-state index contributed by atoms with van der Waals surface area (Å²) in [6.07, 6.45) is 0. The van der Waals surface area contributed by atoms with Crippen molar-refractivity contribution >= 4 is 50.0 Å². The van der Waals surface area contributed by atoms with Gasteiger partial charge in [0, 0.05) is 9.86 Å². The van der Waals surface area contributed by atoms with Crippen LogP contribution >= 0.6 is 27.3 Å². The molecule has 2 heterocycles. The Bertz CT molecular complexity index is 805. The Labute approximate surface area is 132 Å². The second-order valence-corrected chi connectivity index (χ2v) is 6.15. The van der Waals surface area contributed by atoms with E-state index in [9.17, 15) is 4.79 Å². The number of carbonyl (C=O) groups is 1. The van der Waals surface area contributed by atoms with Gasteiger partial charge in [0.05, 0.1) is 10.4 Å². The number of carboxylic acids is 1. The highest BCUT2D eigenvalue weighted by molar-refractivity contribution is 9.10. The molecule has 21 heavy (non-hydrogen) atoms. The van der Waals surface area contributed by atoms with Gasteiger partial charge in [-0.15, -0.1) is 11.3 Å². The van der Waals surface area contributed by atoms with Gasteiger partial charge in [0.2, 0.25) is 0 Å². The number of hydrogen-bond donors (Lipinski definition) is 2. The van der Waals surface area contributed by atoms with Crippen LogP contribution in [0.5, 0.6) is 0 Å². The SMILES string of the molecule is O=C(O)CNc1nc(-c2cccs2)nc2ccc(Br)cc12. The minimum absolute atomic E-state index is 0.192. The summed E-state index contributed by atoms with van der Waals surface area (Å²) in [4.78, 5) is 20.7. The van der Waals surface area contributed by atoms with E-state index in [0.717, 1.165) is 20.3 Å². The summed E-state index contributed by atoms with van der Waals surface area (Å²) in [6, 6.07) is 9.52. The van der Waals surface area contributed by atoms with Crippen LogP contribution in [0, 0.1) is 0 Å². The van der Waals surface area contributed by atoms with E-state index in [4.69, 9.17) is 5.11 Å². The maximum Gasteiger partial charge on any atom is 0.322 e. The van der Waals surface area contributed by atoms with Crippen LogP contribution in [0.15, 0.2) is 40.2 Å². The maximum atomic E-state index is 10.8. The molecule has 3 rings (SSSR count). The van der Waals surface area contributed by atoms with E-state index in [1.165, 1.54) is 0 Å². The molecule has 7 heteroatoms. The summed E-state index contributed by atoms with van der Waals surface area (Å²) >= 11 is 4.95. The molecule has 0 atom stereocenters. The number of nitrogens with zero attached hydrogens (tertiary/aromatic N) is 2. The molecular weight excluding hydrogens is 354 g/mol. The molecule has 0 fully saturated rings. The topological polar surface area (TPSA) is 75.1 Å². The Morgan fingerprint density at radius 1 is 1.33 bits per heavy atom. The number of nitrogens with one attached hydrogen (secondary N) is 1. The Kier molecular flexibility index (Phi) is 3.85. The van der Waals surface area contributed by atoms with Crippen LogP contribution in [0.1, 0.15) is 0 Å². The number of benzene rings is 1. The zero-order valence-corrected chi connectivity index (χ0v) is 13.1. The van der Waals surface area contributed by atoms with Crippen molar-refractivity contribution in [2.45, 2.75) is 0 Å². The molecule has 3 aromatic rings. The van der Waals surface area contributed by atoms with E-state index in [1.807, 2.05) is 35.7 Å². The van der Waals surface area contributed by atoms with Crippen LogP contribution in [0.25, 0.3) is 21.6 Å². The Morgan fingerprint density at radius 2 is 2.19 bits per heavy atom. The van der Waals surface area contributed by atoms with E-state index >= 15 is 0 Å². The maximum absolute atomic E-state index is 10.8. The Morgan fingerprint density at radius 3 is 2.90 bits per heavy atom. The number of hydrogen-bond acceptors (Lipinski definition) is 5. The molecule has 0 aliphatic rings. The second kappa shape index (κ2) is 5.79. The monoisotopic (exact) mass is 363 g/mol. The van der Waals surface area contributed by atoms with Crippen LogP contribution < -0.4 is 5.32 Å². The van der Waals surface area contributed by atoms with Gasteiger partial charge in [-0.25, -0.2) is 9.97 Å². The molecule has 0 aliphatic carbocycles. The van der Waals surface area contributed by atoms with Gasteiger partial charge in [-0.1, -0.05) is 22.0 Å². The average molecular weight is 364 g/mol. The second-order valence-electron chi connectivity index (χ2n) is 4.28. The lowest BCUT2D eigenvalue weighted by atomic mass is 10.2. The molecule has 0 spiro atoms. The van der Waals surface area contributed by atoms with Crippen molar-refractivity contribution in [2.75, 3.05) is 11.9 Å². The summed E-state index contributed by atoms with van der Waals surface area (Å²) in [5, 5.41) is 14.4.